The molecule has 1 aromatic heterocycles. The average molecular weight is 360 g/mol. The number of pyridine rings is 1. The second kappa shape index (κ2) is 7.51. The van der Waals surface area contributed by atoms with Crippen LogP contribution < -0.4 is 10.6 Å². The van der Waals surface area contributed by atoms with E-state index in [-0.39, 0.29) is 10.9 Å². The molecule has 122 valence electrons. The van der Waals surface area contributed by atoms with Crippen LogP contribution in [0.3, 0.4) is 0 Å². The summed E-state index contributed by atoms with van der Waals surface area (Å²) in [6.45, 7) is 0.992. The first kappa shape index (κ1) is 16.6. The highest BCUT2D eigenvalue weighted by Crippen LogP contribution is 2.25. The molecule has 0 fully saturated rings. The molecule has 1 heterocycles. The zero-order chi connectivity index (χ0) is 16.9. The van der Waals surface area contributed by atoms with Crippen LogP contribution in [-0.4, -0.2) is 24.0 Å². The van der Waals surface area contributed by atoms with Gasteiger partial charge in [-0.05, 0) is 30.3 Å². The summed E-state index contributed by atoms with van der Waals surface area (Å²) in [6, 6.07) is 16.8. The van der Waals surface area contributed by atoms with E-state index in [1.54, 1.807) is 18.2 Å². The Labute approximate surface area is 149 Å². The van der Waals surface area contributed by atoms with Crippen LogP contribution in [0, 0.1) is 0 Å². The van der Waals surface area contributed by atoms with Gasteiger partial charge in [-0.3, -0.25) is 4.79 Å². The summed E-state index contributed by atoms with van der Waals surface area (Å²) in [6.07, 6.45) is 0. The van der Waals surface area contributed by atoms with Crippen molar-refractivity contribution in [1.82, 2.24) is 10.3 Å². The van der Waals surface area contributed by atoms with Crippen molar-refractivity contribution in [3.8, 4) is 0 Å². The number of rotatable bonds is 5. The average Bonchev–Trinajstić information content (AvgIpc) is 2.60. The highest BCUT2D eigenvalue weighted by atomic mass is 35.5. The summed E-state index contributed by atoms with van der Waals surface area (Å²) in [5.74, 6) is 0.513. The molecule has 0 atom stereocenters. The van der Waals surface area contributed by atoms with E-state index in [2.05, 4.69) is 15.6 Å². The summed E-state index contributed by atoms with van der Waals surface area (Å²) in [7, 11) is 0. The minimum absolute atomic E-state index is 0.254. The molecule has 0 unspecified atom stereocenters. The summed E-state index contributed by atoms with van der Waals surface area (Å²) < 4.78 is 0. The second-order valence-corrected chi connectivity index (χ2v) is 5.96. The first-order chi connectivity index (χ1) is 11.6. The minimum Gasteiger partial charge on any atom is -0.368 e. The van der Waals surface area contributed by atoms with Crippen molar-refractivity contribution in [3.63, 3.8) is 0 Å². The number of benzene rings is 2. The van der Waals surface area contributed by atoms with Crippen LogP contribution in [-0.2, 0) is 0 Å². The van der Waals surface area contributed by atoms with E-state index in [0.29, 0.717) is 23.7 Å². The normalized spacial score (nSPS) is 10.6. The summed E-state index contributed by atoms with van der Waals surface area (Å²) in [5, 5.41) is 7.70. The van der Waals surface area contributed by atoms with Gasteiger partial charge in [-0.15, -0.1) is 0 Å². The molecule has 0 saturated heterocycles. The van der Waals surface area contributed by atoms with Gasteiger partial charge in [-0.1, -0.05) is 47.5 Å². The molecule has 4 nitrogen and oxygen atoms in total. The highest BCUT2D eigenvalue weighted by molar-refractivity contribution is 6.43. The van der Waals surface area contributed by atoms with Crippen molar-refractivity contribution < 1.29 is 4.79 Å². The number of nitrogens with one attached hydrogen (secondary N) is 2. The van der Waals surface area contributed by atoms with Gasteiger partial charge in [0.15, 0.2) is 0 Å². The number of aromatic nitrogens is 1. The fraction of sp³-hybridized carbons (Fsp3) is 0.111. The van der Waals surface area contributed by atoms with Gasteiger partial charge in [-0.25, -0.2) is 4.98 Å². The molecule has 3 aromatic rings. The maximum absolute atomic E-state index is 12.1. The Balaban J connectivity index is 1.54. The van der Waals surface area contributed by atoms with Crippen molar-refractivity contribution in [1.29, 1.82) is 0 Å². The number of amides is 1. The third-order valence-electron chi connectivity index (χ3n) is 3.51. The van der Waals surface area contributed by atoms with Crippen molar-refractivity contribution >= 4 is 45.8 Å². The zero-order valence-electron chi connectivity index (χ0n) is 12.7. The topological polar surface area (TPSA) is 54.0 Å². The highest BCUT2D eigenvalue weighted by Gasteiger charge is 2.11. The molecule has 0 radical (unpaired) electrons. The summed E-state index contributed by atoms with van der Waals surface area (Å²) >= 11 is 11.9. The summed E-state index contributed by atoms with van der Waals surface area (Å²) in [5.41, 5.74) is 1.30. The van der Waals surface area contributed by atoms with Crippen LogP contribution in [0.4, 0.5) is 5.82 Å². The van der Waals surface area contributed by atoms with Crippen LogP contribution in [0.15, 0.2) is 54.6 Å². The van der Waals surface area contributed by atoms with Gasteiger partial charge >= 0.3 is 0 Å². The predicted octanol–water partition coefficient (Wildman–Crippen LogP) is 4.38. The van der Waals surface area contributed by atoms with E-state index in [1.165, 1.54) is 0 Å². The molecule has 2 N–H and O–H groups in total. The molecule has 0 aliphatic carbocycles. The lowest BCUT2D eigenvalue weighted by atomic mass is 10.2. The van der Waals surface area contributed by atoms with Crippen LogP contribution in [0.1, 0.15) is 10.4 Å². The van der Waals surface area contributed by atoms with Crippen molar-refractivity contribution in [2.45, 2.75) is 0 Å². The van der Waals surface area contributed by atoms with Gasteiger partial charge in [0, 0.05) is 18.5 Å². The van der Waals surface area contributed by atoms with Gasteiger partial charge in [-0.2, -0.15) is 0 Å². The van der Waals surface area contributed by atoms with E-state index in [9.17, 15) is 4.79 Å². The molecular weight excluding hydrogens is 345 g/mol. The van der Waals surface area contributed by atoms with Crippen LogP contribution >= 0.6 is 23.2 Å². The van der Waals surface area contributed by atoms with Crippen molar-refractivity contribution in [2.75, 3.05) is 18.4 Å². The van der Waals surface area contributed by atoms with E-state index in [1.807, 2.05) is 36.4 Å². The Hall–Kier alpha value is -2.30. The molecule has 0 bridgehead atoms. The van der Waals surface area contributed by atoms with Gasteiger partial charge in [0.1, 0.15) is 5.82 Å². The van der Waals surface area contributed by atoms with E-state index in [4.69, 9.17) is 23.2 Å². The third kappa shape index (κ3) is 3.78. The van der Waals surface area contributed by atoms with E-state index in [0.717, 1.165) is 16.7 Å². The molecule has 0 spiro atoms. The molecular formula is C18H15Cl2N3O. The fourth-order valence-electron chi connectivity index (χ4n) is 2.31. The molecule has 1 amide bonds. The molecule has 3 rings (SSSR count). The number of carbonyl (C=O) groups is 1. The number of para-hydroxylation sites is 1. The predicted molar refractivity (Wildman–Crippen MR) is 99.0 cm³/mol. The number of nitrogens with zero attached hydrogens (tertiary/aromatic N) is 1. The molecule has 24 heavy (non-hydrogen) atoms. The second-order valence-electron chi connectivity index (χ2n) is 5.17. The maximum atomic E-state index is 12.1. The first-order valence-corrected chi connectivity index (χ1v) is 8.22. The third-order valence-corrected chi connectivity index (χ3v) is 4.33. The Morgan fingerprint density at radius 3 is 2.67 bits per heavy atom. The van der Waals surface area contributed by atoms with E-state index < -0.39 is 0 Å². The standard InChI is InChI=1S/C18H15Cl2N3O/c19-14-6-3-5-13(17(14)20)18(24)22-11-10-21-16-9-8-12-4-1-2-7-15(12)23-16/h1-9H,10-11H2,(H,21,23)(H,22,24). The number of carbonyl (C=O) groups excluding carboxylic acids is 1. The number of halogens is 2. The van der Waals surface area contributed by atoms with Gasteiger partial charge in [0.05, 0.1) is 21.1 Å². The monoisotopic (exact) mass is 359 g/mol. The minimum atomic E-state index is -0.254. The number of fused-ring (bicyclic) bond motifs is 1. The summed E-state index contributed by atoms with van der Waals surface area (Å²) in [4.78, 5) is 16.6. The van der Waals surface area contributed by atoms with Crippen LogP contribution in [0.25, 0.3) is 10.9 Å². The van der Waals surface area contributed by atoms with Gasteiger partial charge in [0.25, 0.3) is 5.91 Å². The lowest BCUT2D eigenvalue weighted by Gasteiger charge is -2.09. The van der Waals surface area contributed by atoms with Gasteiger partial charge in [0.2, 0.25) is 0 Å². The van der Waals surface area contributed by atoms with Gasteiger partial charge < -0.3 is 10.6 Å². The van der Waals surface area contributed by atoms with Crippen LogP contribution in [0.5, 0.6) is 0 Å². The number of hydrogen-bond acceptors (Lipinski definition) is 3. The molecule has 2 aromatic carbocycles. The van der Waals surface area contributed by atoms with E-state index >= 15 is 0 Å². The Bertz CT molecular complexity index is 883. The van der Waals surface area contributed by atoms with Crippen molar-refractivity contribution in [3.05, 3.63) is 70.2 Å². The quantitative estimate of drug-likeness (QED) is 0.664. The first-order valence-electron chi connectivity index (χ1n) is 7.47. The fourth-order valence-corrected chi connectivity index (χ4v) is 2.69. The molecule has 0 saturated carbocycles. The SMILES string of the molecule is O=C(NCCNc1ccc2ccccc2n1)c1cccc(Cl)c1Cl. The Morgan fingerprint density at radius 2 is 1.79 bits per heavy atom. The molecule has 0 aliphatic rings. The smallest absolute Gasteiger partial charge is 0.252 e. The molecule has 6 heteroatoms. The zero-order valence-corrected chi connectivity index (χ0v) is 14.2. The van der Waals surface area contributed by atoms with Crippen LogP contribution in [0.2, 0.25) is 10.0 Å². The Morgan fingerprint density at radius 1 is 0.958 bits per heavy atom. The lowest BCUT2D eigenvalue weighted by Crippen LogP contribution is -2.29. The maximum Gasteiger partial charge on any atom is 0.252 e. The number of hydrogen-bond donors (Lipinski definition) is 2. The molecule has 0 aliphatic heterocycles. The number of anilines is 1. The van der Waals surface area contributed by atoms with Crippen molar-refractivity contribution in [2.24, 2.45) is 0 Å². The Kier molecular flexibility index (Phi) is 5.18. The lowest BCUT2D eigenvalue weighted by molar-refractivity contribution is 0.0955. The largest absolute Gasteiger partial charge is 0.368 e.